The fraction of sp³-hybridized carbons (Fsp3) is 0.111. The van der Waals surface area contributed by atoms with Crippen LogP contribution in [-0.4, -0.2) is 24.2 Å². The van der Waals surface area contributed by atoms with Crippen molar-refractivity contribution in [3.63, 3.8) is 0 Å². The Bertz CT molecular complexity index is 1060. The van der Waals surface area contributed by atoms with Crippen LogP contribution in [0.3, 0.4) is 0 Å². The van der Waals surface area contributed by atoms with Crippen LogP contribution in [0.4, 0.5) is 5.82 Å². The van der Waals surface area contributed by atoms with Crippen molar-refractivity contribution in [3.05, 3.63) is 42.7 Å². The van der Waals surface area contributed by atoms with Crippen molar-refractivity contribution in [2.45, 2.75) is 0 Å². The minimum atomic E-state index is 0.515. The summed E-state index contributed by atoms with van der Waals surface area (Å²) in [5.41, 5.74) is 8.90. The number of hydrogen-bond donors (Lipinski definition) is 1. The van der Waals surface area contributed by atoms with Crippen LogP contribution in [0.5, 0.6) is 11.5 Å². The molecule has 2 aromatic heterocycles. The number of hydrogen-bond acceptors (Lipinski definition) is 6. The van der Waals surface area contributed by atoms with Crippen LogP contribution >= 0.6 is 11.3 Å². The molecule has 0 aliphatic carbocycles. The monoisotopic (exact) mass is 337 g/mol. The van der Waals surface area contributed by atoms with Crippen molar-refractivity contribution in [1.82, 2.24) is 9.97 Å². The standard InChI is InChI=1S/C18H15N3O2S/c1-22-13-5-3-4-11(16(13)23-2)10-6-7-12-14(8-10)24-17-15(12)20-9-21-18(17)19/h3-9H,1-2H3,(H2,19,20,21). The SMILES string of the molecule is COc1cccc(-c2ccc3c(c2)sc2c(N)ncnc23)c1OC. The molecule has 120 valence electrons. The highest BCUT2D eigenvalue weighted by Gasteiger charge is 2.14. The summed E-state index contributed by atoms with van der Waals surface area (Å²) in [7, 11) is 3.29. The first-order valence-electron chi connectivity index (χ1n) is 7.37. The van der Waals surface area contributed by atoms with E-state index in [9.17, 15) is 0 Å². The summed E-state index contributed by atoms with van der Waals surface area (Å²) in [5, 5.41) is 1.08. The first-order valence-corrected chi connectivity index (χ1v) is 8.18. The molecule has 4 aromatic rings. The van der Waals surface area contributed by atoms with E-state index in [1.807, 2.05) is 18.2 Å². The lowest BCUT2D eigenvalue weighted by molar-refractivity contribution is 0.356. The van der Waals surface area contributed by atoms with Crippen molar-refractivity contribution < 1.29 is 9.47 Å². The second-order valence-corrected chi connectivity index (χ2v) is 6.34. The van der Waals surface area contributed by atoms with Gasteiger partial charge >= 0.3 is 0 Å². The first kappa shape index (κ1) is 14.7. The third-order valence-corrected chi connectivity index (χ3v) is 5.16. The molecule has 0 radical (unpaired) electrons. The lowest BCUT2D eigenvalue weighted by Crippen LogP contribution is -1.93. The number of nitrogens with zero attached hydrogens (tertiary/aromatic N) is 2. The molecule has 0 saturated heterocycles. The van der Waals surface area contributed by atoms with Gasteiger partial charge in [0.15, 0.2) is 11.5 Å². The van der Waals surface area contributed by atoms with Gasteiger partial charge in [-0.25, -0.2) is 9.97 Å². The van der Waals surface area contributed by atoms with Crippen LogP contribution in [0.15, 0.2) is 42.7 Å². The maximum Gasteiger partial charge on any atom is 0.168 e. The molecule has 0 bridgehead atoms. The van der Waals surface area contributed by atoms with Crippen LogP contribution in [0.1, 0.15) is 0 Å². The molecule has 0 fully saturated rings. The van der Waals surface area contributed by atoms with Crippen LogP contribution < -0.4 is 15.2 Å². The largest absolute Gasteiger partial charge is 0.493 e. The number of rotatable bonds is 3. The molecule has 0 aliphatic heterocycles. The van der Waals surface area contributed by atoms with E-state index in [0.29, 0.717) is 11.6 Å². The molecule has 4 rings (SSSR count). The van der Waals surface area contributed by atoms with Gasteiger partial charge in [0.25, 0.3) is 0 Å². The number of methoxy groups -OCH3 is 2. The zero-order valence-corrected chi connectivity index (χ0v) is 14.1. The van der Waals surface area contributed by atoms with Gasteiger partial charge in [0.1, 0.15) is 12.1 Å². The summed E-state index contributed by atoms with van der Waals surface area (Å²) in [5.74, 6) is 1.95. The minimum absolute atomic E-state index is 0.515. The number of nitrogens with two attached hydrogens (primary N) is 1. The summed E-state index contributed by atoms with van der Waals surface area (Å²) >= 11 is 1.60. The Labute approximate surface area is 142 Å². The molecule has 0 unspecified atom stereocenters. The molecule has 2 aromatic carbocycles. The molecule has 0 saturated carbocycles. The van der Waals surface area contributed by atoms with Gasteiger partial charge in [-0.1, -0.05) is 24.3 Å². The number of aromatic nitrogens is 2. The molecule has 0 aliphatic rings. The Morgan fingerprint density at radius 1 is 1.04 bits per heavy atom. The average molecular weight is 337 g/mol. The number of benzene rings is 2. The van der Waals surface area contributed by atoms with E-state index in [2.05, 4.69) is 28.2 Å². The molecular formula is C18H15N3O2S. The Balaban J connectivity index is 1.96. The van der Waals surface area contributed by atoms with E-state index in [-0.39, 0.29) is 0 Å². The third-order valence-electron chi connectivity index (χ3n) is 3.99. The van der Waals surface area contributed by atoms with Crippen LogP contribution in [0, 0.1) is 0 Å². The lowest BCUT2D eigenvalue weighted by Gasteiger charge is -2.12. The van der Waals surface area contributed by atoms with E-state index in [1.54, 1.807) is 25.6 Å². The molecule has 5 nitrogen and oxygen atoms in total. The molecular weight excluding hydrogens is 322 g/mol. The average Bonchev–Trinajstić information content (AvgIpc) is 3.00. The fourth-order valence-corrected chi connectivity index (χ4v) is 3.97. The van der Waals surface area contributed by atoms with Gasteiger partial charge in [0.2, 0.25) is 0 Å². The van der Waals surface area contributed by atoms with Crippen LogP contribution in [-0.2, 0) is 0 Å². The predicted octanol–water partition coefficient (Wildman–Crippen LogP) is 4.11. The number of fused-ring (bicyclic) bond motifs is 3. The summed E-state index contributed by atoms with van der Waals surface area (Å²) in [4.78, 5) is 8.44. The molecule has 2 N–H and O–H groups in total. The summed E-state index contributed by atoms with van der Waals surface area (Å²) in [6.45, 7) is 0. The molecule has 0 spiro atoms. The zero-order chi connectivity index (χ0) is 16.7. The van der Waals surface area contributed by atoms with Gasteiger partial charge in [-0.2, -0.15) is 0 Å². The highest BCUT2D eigenvalue weighted by Crippen LogP contribution is 2.41. The second-order valence-electron chi connectivity index (χ2n) is 5.29. The van der Waals surface area contributed by atoms with Gasteiger partial charge in [0.05, 0.1) is 24.4 Å². The van der Waals surface area contributed by atoms with Crippen molar-refractivity contribution in [2.24, 2.45) is 0 Å². The van der Waals surface area contributed by atoms with Gasteiger partial charge in [-0.05, 0) is 17.7 Å². The normalized spacial score (nSPS) is 11.1. The third kappa shape index (κ3) is 2.15. The Kier molecular flexibility index (Phi) is 3.46. The topological polar surface area (TPSA) is 70.3 Å². The van der Waals surface area contributed by atoms with Crippen molar-refractivity contribution >= 4 is 37.5 Å². The van der Waals surface area contributed by atoms with Gasteiger partial charge < -0.3 is 15.2 Å². The quantitative estimate of drug-likeness (QED) is 0.609. The maximum absolute atomic E-state index is 5.98. The fourth-order valence-electron chi connectivity index (χ4n) is 2.87. The lowest BCUT2D eigenvalue weighted by atomic mass is 10.0. The Morgan fingerprint density at radius 2 is 1.92 bits per heavy atom. The number of nitrogen functional groups attached to an aromatic ring is 1. The van der Waals surface area contributed by atoms with Crippen molar-refractivity contribution in [2.75, 3.05) is 20.0 Å². The molecule has 2 heterocycles. The van der Waals surface area contributed by atoms with E-state index >= 15 is 0 Å². The maximum atomic E-state index is 5.98. The molecule has 0 atom stereocenters. The van der Waals surface area contributed by atoms with E-state index in [4.69, 9.17) is 15.2 Å². The number of ether oxygens (including phenoxy) is 2. The number of thiophene rings is 1. The van der Waals surface area contributed by atoms with E-state index in [1.165, 1.54) is 6.33 Å². The van der Waals surface area contributed by atoms with Crippen LogP contribution in [0.2, 0.25) is 0 Å². The summed E-state index contributed by atoms with van der Waals surface area (Å²) < 4.78 is 13.0. The van der Waals surface area contributed by atoms with Crippen LogP contribution in [0.25, 0.3) is 31.4 Å². The van der Waals surface area contributed by atoms with Gasteiger partial charge in [-0.15, -0.1) is 11.3 Å². The summed E-state index contributed by atoms with van der Waals surface area (Å²) in [6.07, 6.45) is 1.50. The molecule has 0 amide bonds. The molecule has 24 heavy (non-hydrogen) atoms. The van der Waals surface area contributed by atoms with Crippen molar-refractivity contribution in [3.8, 4) is 22.6 Å². The molecule has 6 heteroatoms. The highest BCUT2D eigenvalue weighted by molar-refractivity contribution is 7.26. The van der Waals surface area contributed by atoms with E-state index in [0.717, 1.165) is 37.2 Å². The predicted molar refractivity (Wildman–Crippen MR) is 97.9 cm³/mol. The van der Waals surface area contributed by atoms with E-state index < -0.39 is 0 Å². The van der Waals surface area contributed by atoms with Crippen molar-refractivity contribution in [1.29, 1.82) is 0 Å². The summed E-state index contributed by atoms with van der Waals surface area (Å²) in [6, 6.07) is 12.1. The Hall–Kier alpha value is -2.86. The number of anilines is 1. The first-order chi connectivity index (χ1) is 11.7. The van der Waals surface area contributed by atoms with Gasteiger partial charge in [-0.3, -0.25) is 0 Å². The smallest absolute Gasteiger partial charge is 0.168 e. The zero-order valence-electron chi connectivity index (χ0n) is 13.2. The second kappa shape index (κ2) is 5.65. The highest BCUT2D eigenvalue weighted by atomic mass is 32.1. The van der Waals surface area contributed by atoms with Gasteiger partial charge in [0, 0.05) is 15.6 Å². The number of para-hydroxylation sites is 1. The minimum Gasteiger partial charge on any atom is -0.493 e. The Morgan fingerprint density at radius 3 is 2.71 bits per heavy atom.